The summed E-state index contributed by atoms with van der Waals surface area (Å²) in [5.41, 5.74) is 4.84. The quantitative estimate of drug-likeness (QED) is 0.771. The molecular formula is C19H19NO2S. The molecule has 3 aromatic rings. The fourth-order valence-electron chi connectivity index (χ4n) is 2.85. The van der Waals surface area contributed by atoms with Gasteiger partial charge in [0, 0.05) is 5.56 Å². The number of hydrogen-bond donors (Lipinski definition) is 1. The number of benzene rings is 3. The second-order valence-corrected chi connectivity index (χ2v) is 7.65. The Morgan fingerprint density at radius 2 is 1.65 bits per heavy atom. The third-order valence-corrected chi connectivity index (χ3v) is 4.48. The van der Waals surface area contributed by atoms with Crippen molar-refractivity contribution in [2.24, 2.45) is 0 Å². The molecule has 0 aliphatic rings. The fourth-order valence-corrected chi connectivity index (χ4v) is 3.42. The number of rotatable bonds is 3. The van der Waals surface area contributed by atoms with Crippen molar-refractivity contribution < 1.29 is 8.42 Å². The molecule has 0 heterocycles. The van der Waals surface area contributed by atoms with Gasteiger partial charge in [-0.25, -0.2) is 8.42 Å². The standard InChI is InChI=1S/C19H19NO2S/c1-13-8-9-14(2)17(12-13)19-16-7-5-4-6-15(16)10-11-18(19)20-23(3,21)22/h4-12,20H,1-3H3. The lowest BCUT2D eigenvalue weighted by Gasteiger charge is -2.16. The van der Waals surface area contributed by atoms with E-state index < -0.39 is 10.0 Å². The van der Waals surface area contributed by atoms with Gasteiger partial charge in [-0.15, -0.1) is 0 Å². The van der Waals surface area contributed by atoms with Gasteiger partial charge in [-0.05, 0) is 41.8 Å². The van der Waals surface area contributed by atoms with Gasteiger partial charge >= 0.3 is 0 Å². The van der Waals surface area contributed by atoms with Crippen LogP contribution in [0.15, 0.2) is 54.6 Å². The average molecular weight is 325 g/mol. The van der Waals surface area contributed by atoms with Crippen LogP contribution in [-0.4, -0.2) is 14.7 Å². The van der Waals surface area contributed by atoms with E-state index >= 15 is 0 Å². The zero-order chi connectivity index (χ0) is 16.6. The maximum Gasteiger partial charge on any atom is 0.229 e. The molecule has 0 spiro atoms. The van der Waals surface area contributed by atoms with Crippen LogP contribution in [0.25, 0.3) is 21.9 Å². The highest BCUT2D eigenvalue weighted by Crippen LogP contribution is 2.38. The molecule has 0 aliphatic carbocycles. The van der Waals surface area contributed by atoms with Gasteiger partial charge in [-0.2, -0.15) is 0 Å². The highest BCUT2D eigenvalue weighted by molar-refractivity contribution is 7.92. The van der Waals surface area contributed by atoms with Crippen LogP contribution in [0.4, 0.5) is 5.69 Å². The number of hydrogen-bond acceptors (Lipinski definition) is 2. The molecule has 118 valence electrons. The van der Waals surface area contributed by atoms with Crippen LogP contribution in [0.3, 0.4) is 0 Å². The lowest BCUT2D eigenvalue weighted by Crippen LogP contribution is -2.10. The van der Waals surface area contributed by atoms with E-state index in [0.29, 0.717) is 5.69 Å². The third kappa shape index (κ3) is 3.22. The van der Waals surface area contributed by atoms with Gasteiger partial charge in [-0.3, -0.25) is 4.72 Å². The molecule has 0 bridgehead atoms. The van der Waals surface area contributed by atoms with Crippen molar-refractivity contribution in [3.8, 4) is 11.1 Å². The molecule has 23 heavy (non-hydrogen) atoms. The molecule has 0 aromatic heterocycles. The highest BCUT2D eigenvalue weighted by Gasteiger charge is 2.14. The zero-order valence-corrected chi connectivity index (χ0v) is 14.2. The van der Waals surface area contributed by atoms with E-state index in [0.717, 1.165) is 33.0 Å². The first-order chi connectivity index (χ1) is 10.8. The second kappa shape index (κ2) is 5.70. The Hall–Kier alpha value is -2.33. The monoisotopic (exact) mass is 325 g/mol. The van der Waals surface area contributed by atoms with Gasteiger partial charge in [0.2, 0.25) is 10.0 Å². The normalized spacial score (nSPS) is 11.6. The topological polar surface area (TPSA) is 46.2 Å². The van der Waals surface area contributed by atoms with Crippen molar-refractivity contribution in [3.63, 3.8) is 0 Å². The van der Waals surface area contributed by atoms with Crippen LogP contribution in [0.1, 0.15) is 11.1 Å². The minimum absolute atomic E-state index is 0.611. The molecule has 0 saturated carbocycles. The van der Waals surface area contributed by atoms with Gasteiger partial charge in [0.05, 0.1) is 11.9 Å². The van der Waals surface area contributed by atoms with Crippen LogP contribution in [0.2, 0.25) is 0 Å². The van der Waals surface area contributed by atoms with E-state index in [1.165, 1.54) is 6.26 Å². The lowest BCUT2D eigenvalue weighted by molar-refractivity contribution is 0.607. The minimum atomic E-state index is -3.35. The van der Waals surface area contributed by atoms with Crippen LogP contribution >= 0.6 is 0 Å². The first kappa shape index (κ1) is 15.6. The highest BCUT2D eigenvalue weighted by atomic mass is 32.2. The van der Waals surface area contributed by atoms with Crippen molar-refractivity contribution >= 4 is 26.5 Å². The summed E-state index contributed by atoms with van der Waals surface area (Å²) in [6.45, 7) is 4.08. The van der Waals surface area contributed by atoms with Crippen molar-refractivity contribution in [2.45, 2.75) is 13.8 Å². The number of aryl methyl sites for hydroxylation is 2. The van der Waals surface area contributed by atoms with Gasteiger partial charge < -0.3 is 0 Å². The molecule has 0 fully saturated rings. The maximum atomic E-state index is 11.8. The second-order valence-electron chi connectivity index (χ2n) is 5.90. The van der Waals surface area contributed by atoms with Gasteiger partial charge in [0.1, 0.15) is 0 Å². The van der Waals surface area contributed by atoms with E-state index in [1.807, 2.05) is 50.2 Å². The Balaban J connectivity index is 2.39. The van der Waals surface area contributed by atoms with E-state index in [-0.39, 0.29) is 0 Å². The summed E-state index contributed by atoms with van der Waals surface area (Å²) in [6.07, 6.45) is 1.18. The predicted molar refractivity (Wildman–Crippen MR) is 97.3 cm³/mol. The van der Waals surface area contributed by atoms with Crippen LogP contribution < -0.4 is 4.72 Å². The summed E-state index contributed by atoms with van der Waals surface area (Å²) < 4.78 is 26.2. The summed E-state index contributed by atoms with van der Waals surface area (Å²) in [5.74, 6) is 0. The minimum Gasteiger partial charge on any atom is -0.283 e. The van der Waals surface area contributed by atoms with E-state index in [9.17, 15) is 8.42 Å². The molecule has 3 rings (SSSR count). The van der Waals surface area contributed by atoms with E-state index in [1.54, 1.807) is 0 Å². The fraction of sp³-hybridized carbons (Fsp3) is 0.158. The Labute approximate surface area is 137 Å². The number of anilines is 1. The number of fused-ring (bicyclic) bond motifs is 1. The van der Waals surface area contributed by atoms with Crippen molar-refractivity contribution in [1.82, 2.24) is 0 Å². The van der Waals surface area contributed by atoms with Gasteiger partial charge in [0.15, 0.2) is 0 Å². The summed E-state index contributed by atoms with van der Waals surface area (Å²) in [7, 11) is -3.35. The number of sulfonamides is 1. The Morgan fingerprint density at radius 1 is 0.913 bits per heavy atom. The SMILES string of the molecule is Cc1ccc(C)c(-c2c(NS(C)(=O)=O)ccc3ccccc23)c1. The van der Waals surface area contributed by atoms with Crippen molar-refractivity contribution in [1.29, 1.82) is 0 Å². The molecule has 3 nitrogen and oxygen atoms in total. The van der Waals surface area contributed by atoms with Crippen LogP contribution in [-0.2, 0) is 10.0 Å². The Kier molecular flexibility index (Phi) is 3.86. The third-order valence-electron chi connectivity index (χ3n) is 3.89. The van der Waals surface area contributed by atoms with Crippen molar-refractivity contribution in [3.05, 3.63) is 65.7 Å². The van der Waals surface area contributed by atoms with Crippen molar-refractivity contribution in [2.75, 3.05) is 11.0 Å². The molecule has 0 radical (unpaired) electrons. The molecule has 0 aliphatic heterocycles. The van der Waals surface area contributed by atoms with E-state index in [4.69, 9.17) is 0 Å². The predicted octanol–water partition coefficient (Wildman–Crippen LogP) is 4.50. The Morgan fingerprint density at radius 3 is 2.39 bits per heavy atom. The van der Waals surface area contributed by atoms with Crippen LogP contribution in [0.5, 0.6) is 0 Å². The average Bonchev–Trinajstić information content (AvgIpc) is 2.48. The largest absolute Gasteiger partial charge is 0.283 e. The summed E-state index contributed by atoms with van der Waals surface area (Å²) in [5, 5.41) is 2.12. The molecule has 3 aromatic carbocycles. The van der Waals surface area contributed by atoms with Crippen LogP contribution in [0, 0.1) is 13.8 Å². The molecule has 0 atom stereocenters. The zero-order valence-electron chi connectivity index (χ0n) is 13.4. The smallest absolute Gasteiger partial charge is 0.229 e. The maximum absolute atomic E-state index is 11.8. The summed E-state index contributed by atoms with van der Waals surface area (Å²) in [4.78, 5) is 0. The van der Waals surface area contributed by atoms with E-state index in [2.05, 4.69) is 22.9 Å². The van der Waals surface area contributed by atoms with Gasteiger partial charge in [0.25, 0.3) is 0 Å². The molecule has 4 heteroatoms. The molecule has 0 saturated heterocycles. The first-order valence-electron chi connectivity index (χ1n) is 7.42. The van der Waals surface area contributed by atoms with Gasteiger partial charge in [-0.1, -0.05) is 54.1 Å². The lowest BCUT2D eigenvalue weighted by atomic mass is 9.92. The molecule has 0 amide bonds. The molecule has 0 unspecified atom stereocenters. The molecule has 1 N–H and O–H groups in total. The summed E-state index contributed by atoms with van der Waals surface area (Å²) >= 11 is 0. The summed E-state index contributed by atoms with van der Waals surface area (Å²) in [6, 6.07) is 18.0. The molecular weight excluding hydrogens is 306 g/mol. The number of nitrogens with one attached hydrogen (secondary N) is 1. The first-order valence-corrected chi connectivity index (χ1v) is 9.31. The Bertz CT molecular complexity index is 991.